The molecule has 0 radical (unpaired) electrons. The van der Waals surface area contributed by atoms with Crippen molar-refractivity contribution in [2.75, 3.05) is 18.4 Å². The number of aromatic nitrogens is 1. The second-order valence-electron chi connectivity index (χ2n) is 6.29. The summed E-state index contributed by atoms with van der Waals surface area (Å²) in [6.07, 6.45) is -3.25. The maximum Gasteiger partial charge on any atom is 0.419 e. The van der Waals surface area contributed by atoms with Crippen molar-refractivity contribution >= 4 is 23.5 Å². The van der Waals surface area contributed by atoms with Gasteiger partial charge in [-0.3, -0.25) is 4.79 Å². The number of nitrogens with zero attached hydrogens (tertiary/aromatic N) is 2. The zero-order valence-electron chi connectivity index (χ0n) is 16.1. The number of rotatable bonds is 7. The highest BCUT2D eigenvalue weighted by Gasteiger charge is 2.33. The normalized spacial score (nSPS) is 10.9. The molecule has 0 bridgehead atoms. The van der Waals surface area contributed by atoms with Gasteiger partial charge in [-0.1, -0.05) is 36.0 Å². The van der Waals surface area contributed by atoms with Gasteiger partial charge in [-0.25, -0.2) is 4.98 Å². The molecule has 0 spiro atoms. The van der Waals surface area contributed by atoms with E-state index in [2.05, 4.69) is 21.7 Å². The predicted octanol–water partition coefficient (Wildman–Crippen LogP) is 4.97. The smallest absolute Gasteiger partial charge is 0.368 e. The van der Waals surface area contributed by atoms with E-state index in [1.165, 1.54) is 24.0 Å². The summed E-state index contributed by atoms with van der Waals surface area (Å²) in [5.41, 5.74) is 0.0519. The Morgan fingerprint density at radius 3 is 2.45 bits per heavy atom. The van der Waals surface area contributed by atoms with E-state index >= 15 is 0 Å². The van der Waals surface area contributed by atoms with Crippen LogP contribution < -0.4 is 10.6 Å². The Labute approximate surface area is 181 Å². The molecule has 3 aromatic rings. The fourth-order valence-corrected chi connectivity index (χ4v) is 3.76. The first kappa shape index (κ1) is 22.2. The first-order valence-electron chi connectivity index (χ1n) is 9.20. The van der Waals surface area contributed by atoms with E-state index in [0.717, 1.165) is 11.0 Å². The summed E-state index contributed by atoms with van der Waals surface area (Å²) in [7, 11) is 0. The van der Waals surface area contributed by atoms with Crippen LogP contribution in [0, 0.1) is 11.3 Å². The molecule has 0 saturated heterocycles. The molecule has 5 nitrogen and oxygen atoms in total. The molecule has 9 heteroatoms. The standard InChI is InChI=1S/C22H17F3N4OS/c23-22(24,25)17-8-5-11-27-20(17)28-12-13-29-21(30)16-7-2-4-10-19(16)31-18-9-3-1-6-15(18)14-26/h1-11H,12-13H2,(H,27,28)(H,29,30). The molecule has 0 fully saturated rings. The topological polar surface area (TPSA) is 77.8 Å². The lowest BCUT2D eigenvalue weighted by atomic mass is 10.2. The van der Waals surface area contributed by atoms with Gasteiger partial charge in [0.05, 0.1) is 16.7 Å². The lowest BCUT2D eigenvalue weighted by molar-refractivity contribution is -0.137. The summed E-state index contributed by atoms with van der Waals surface area (Å²) < 4.78 is 39.0. The third-order valence-corrected chi connectivity index (χ3v) is 5.33. The minimum absolute atomic E-state index is 0.0679. The van der Waals surface area contributed by atoms with Gasteiger partial charge in [-0.15, -0.1) is 0 Å². The Hall–Kier alpha value is -3.51. The molecule has 0 atom stereocenters. The SMILES string of the molecule is N#Cc1ccccc1Sc1ccccc1C(=O)NCCNc1ncccc1C(F)(F)F. The van der Waals surface area contributed by atoms with Gasteiger partial charge in [0.2, 0.25) is 0 Å². The number of halogens is 3. The van der Waals surface area contributed by atoms with Crippen LogP contribution in [0.2, 0.25) is 0 Å². The Balaban J connectivity index is 1.63. The highest BCUT2D eigenvalue weighted by Crippen LogP contribution is 2.34. The molecule has 0 aliphatic heterocycles. The van der Waals surface area contributed by atoms with E-state index in [1.807, 2.05) is 6.07 Å². The molecule has 31 heavy (non-hydrogen) atoms. The number of hydrogen-bond donors (Lipinski definition) is 2. The fraction of sp³-hybridized carbons (Fsp3) is 0.136. The predicted molar refractivity (Wildman–Crippen MR) is 112 cm³/mol. The quantitative estimate of drug-likeness (QED) is 0.506. The number of anilines is 1. The number of carbonyl (C=O) groups is 1. The fourth-order valence-electron chi connectivity index (χ4n) is 2.74. The highest BCUT2D eigenvalue weighted by atomic mass is 32.2. The van der Waals surface area contributed by atoms with Gasteiger partial charge in [0.15, 0.2) is 0 Å². The number of benzene rings is 2. The number of carbonyl (C=O) groups excluding carboxylic acids is 1. The molecule has 0 saturated carbocycles. The van der Waals surface area contributed by atoms with Gasteiger partial charge in [-0.2, -0.15) is 18.4 Å². The van der Waals surface area contributed by atoms with E-state index in [-0.39, 0.29) is 24.8 Å². The second kappa shape index (κ2) is 10.00. The first-order valence-corrected chi connectivity index (χ1v) is 10.0. The van der Waals surface area contributed by atoms with Gasteiger partial charge in [0.1, 0.15) is 11.9 Å². The summed E-state index contributed by atoms with van der Waals surface area (Å²) in [5.74, 6) is -0.648. The van der Waals surface area contributed by atoms with Crippen molar-refractivity contribution in [3.05, 3.63) is 83.6 Å². The van der Waals surface area contributed by atoms with Gasteiger partial charge >= 0.3 is 6.18 Å². The van der Waals surface area contributed by atoms with Crippen molar-refractivity contribution in [3.63, 3.8) is 0 Å². The molecule has 0 aliphatic rings. The lowest BCUT2D eigenvalue weighted by Gasteiger charge is -2.14. The minimum atomic E-state index is -4.52. The van der Waals surface area contributed by atoms with Crippen LogP contribution in [0.25, 0.3) is 0 Å². The average molecular weight is 442 g/mol. The molecule has 1 heterocycles. The lowest BCUT2D eigenvalue weighted by Crippen LogP contribution is -2.29. The van der Waals surface area contributed by atoms with Crippen LogP contribution in [-0.2, 0) is 6.18 Å². The van der Waals surface area contributed by atoms with Crippen LogP contribution in [0.4, 0.5) is 19.0 Å². The Morgan fingerprint density at radius 2 is 1.71 bits per heavy atom. The Kier molecular flexibility index (Phi) is 7.15. The van der Waals surface area contributed by atoms with E-state index in [0.29, 0.717) is 16.0 Å². The Morgan fingerprint density at radius 1 is 1.00 bits per heavy atom. The molecule has 3 rings (SSSR count). The van der Waals surface area contributed by atoms with Crippen molar-refractivity contribution < 1.29 is 18.0 Å². The number of nitriles is 1. The third-order valence-electron chi connectivity index (χ3n) is 4.18. The van der Waals surface area contributed by atoms with Gasteiger partial charge in [0, 0.05) is 29.1 Å². The van der Waals surface area contributed by atoms with Crippen molar-refractivity contribution in [1.82, 2.24) is 10.3 Å². The van der Waals surface area contributed by atoms with Crippen molar-refractivity contribution in [2.45, 2.75) is 16.0 Å². The number of amides is 1. The van der Waals surface area contributed by atoms with Crippen molar-refractivity contribution in [3.8, 4) is 6.07 Å². The molecular formula is C22H17F3N4OS. The maximum absolute atomic E-state index is 13.0. The number of pyridine rings is 1. The van der Waals surface area contributed by atoms with E-state index in [1.54, 1.807) is 42.5 Å². The van der Waals surface area contributed by atoms with Gasteiger partial charge < -0.3 is 10.6 Å². The average Bonchev–Trinajstić information content (AvgIpc) is 2.77. The van der Waals surface area contributed by atoms with Crippen molar-refractivity contribution in [1.29, 1.82) is 5.26 Å². The van der Waals surface area contributed by atoms with Crippen LogP contribution in [0.5, 0.6) is 0 Å². The van der Waals surface area contributed by atoms with Gasteiger partial charge in [0.25, 0.3) is 5.91 Å². The molecular weight excluding hydrogens is 425 g/mol. The molecule has 158 valence electrons. The number of alkyl halides is 3. The zero-order valence-corrected chi connectivity index (χ0v) is 16.9. The molecule has 2 aromatic carbocycles. The van der Waals surface area contributed by atoms with Crippen LogP contribution in [-0.4, -0.2) is 24.0 Å². The molecule has 1 amide bonds. The second-order valence-corrected chi connectivity index (χ2v) is 7.37. The summed E-state index contributed by atoms with van der Waals surface area (Å²) in [6, 6.07) is 18.3. The number of hydrogen-bond acceptors (Lipinski definition) is 5. The van der Waals surface area contributed by atoms with E-state index in [9.17, 15) is 23.2 Å². The van der Waals surface area contributed by atoms with Crippen LogP contribution in [0.15, 0.2) is 76.7 Å². The largest absolute Gasteiger partial charge is 0.419 e. The molecule has 0 unspecified atom stereocenters. The summed E-state index contributed by atoms with van der Waals surface area (Å²) >= 11 is 1.30. The van der Waals surface area contributed by atoms with E-state index in [4.69, 9.17) is 0 Å². The zero-order chi connectivity index (χ0) is 22.3. The highest BCUT2D eigenvalue weighted by molar-refractivity contribution is 7.99. The van der Waals surface area contributed by atoms with Crippen molar-refractivity contribution in [2.24, 2.45) is 0 Å². The minimum Gasteiger partial charge on any atom is -0.368 e. The van der Waals surface area contributed by atoms with Crippen LogP contribution in [0.3, 0.4) is 0 Å². The van der Waals surface area contributed by atoms with Crippen LogP contribution >= 0.6 is 11.8 Å². The number of nitrogens with one attached hydrogen (secondary N) is 2. The first-order chi connectivity index (χ1) is 14.9. The Bertz CT molecular complexity index is 1110. The molecule has 1 aromatic heterocycles. The van der Waals surface area contributed by atoms with E-state index < -0.39 is 11.7 Å². The molecule has 0 aliphatic carbocycles. The monoisotopic (exact) mass is 442 g/mol. The maximum atomic E-state index is 13.0. The summed E-state index contributed by atoms with van der Waals surface area (Å²) in [6.45, 7) is 0.166. The molecule has 2 N–H and O–H groups in total. The summed E-state index contributed by atoms with van der Waals surface area (Å²) in [4.78, 5) is 17.7. The van der Waals surface area contributed by atoms with Crippen LogP contribution in [0.1, 0.15) is 21.5 Å². The van der Waals surface area contributed by atoms with Gasteiger partial charge in [-0.05, 0) is 36.4 Å². The third kappa shape index (κ3) is 5.77. The summed E-state index contributed by atoms with van der Waals surface area (Å²) in [5, 5.41) is 14.6.